The normalized spacial score (nSPS) is 22.8. The minimum Gasteiger partial charge on any atom is -0.476 e. The molecule has 0 aliphatic carbocycles. The van der Waals surface area contributed by atoms with Crippen molar-refractivity contribution in [2.45, 2.75) is 53.9 Å². The number of ether oxygens (including phenoxy) is 2. The summed E-state index contributed by atoms with van der Waals surface area (Å²) >= 11 is 0. The first kappa shape index (κ1) is 26.6. The van der Waals surface area contributed by atoms with Crippen LogP contribution in [0.2, 0.25) is 0 Å². The molecule has 1 saturated heterocycles. The number of aryl methyl sites for hydroxylation is 1. The fraction of sp³-hybridized carbons (Fsp3) is 0.265. The highest BCUT2D eigenvalue weighted by atomic mass is 32.2. The Kier molecular flexibility index (Phi) is 6.95. The summed E-state index contributed by atoms with van der Waals surface area (Å²) in [6.45, 7) is 6.64. The molecule has 0 aromatic heterocycles. The first-order chi connectivity index (χ1) is 19.4. The Hall–Kier alpha value is -3.58. The van der Waals surface area contributed by atoms with E-state index in [9.17, 15) is 9.32 Å². The molecule has 0 amide bonds. The molecule has 0 bridgehead atoms. The molecule has 0 saturated carbocycles. The number of hydrogen-bond acceptors (Lipinski definition) is 5. The van der Waals surface area contributed by atoms with Crippen molar-refractivity contribution in [2.24, 2.45) is 10.9 Å². The molecule has 4 aromatic carbocycles. The third-order valence-corrected chi connectivity index (χ3v) is 9.42. The van der Waals surface area contributed by atoms with Gasteiger partial charge in [-0.3, -0.25) is 0 Å². The van der Waals surface area contributed by atoms with Gasteiger partial charge in [0.2, 0.25) is 11.5 Å². The second-order valence-electron chi connectivity index (χ2n) is 10.8. The molecule has 0 radical (unpaired) electrons. The summed E-state index contributed by atoms with van der Waals surface area (Å²) in [5.74, 6) is 0.636. The van der Waals surface area contributed by atoms with Crippen LogP contribution in [0.1, 0.15) is 42.2 Å². The fourth-order valence-electron chi connectivity index (χ4n) is 5.65. The highest BCUT2D eigenvalue weighted by Crippen LogP contribution is 2.66. The highest BCUT2D eigenvalue weighted by Gasteiger charge is 2.80. The van der Waals surface area contributed by atoms with Gasteiger partial charge in [-0.2, -0.15) is 0 Å². The number of hydrogen-bond donors (Lipinski definition) is 1. The molecule has 204 valence electrons. The number of nitrogens with zero attached hydrogens (tertiary/aromatic N) is 1. The van der Waals surface area contributed by atoms with Crippen LogP contribution < -0.4 is 0 Å². The third kappa shape index (κ3) is 4.22. The lowest BCUT2D eigenvalue weighted by molar-refractivity contribution is 0.0941. The molecular formula is C34H33NO4S. The summed E-state index contributed by atoms with van der Waals surface area (Å²) in [5, 5.41) is 12.5. The zero-order valence-corrected chi connectivity index (χ0v) is 23.7. The van der Waals surface area contributed by atoms with Crippen LogP contribution in [0.15, 0.2) is 124 Å². The minimum atomic E-state index is -1.52. The standard InChI is InChI=1S/C34H33NO4S/c1-23(2)29-22-38-32(35-29)34(33(39-34,25-12-6-4-7-13-25)26-14-8-5-9-15-26)31(36)28-16-10-11-17-30(28)40(37)27-20-18-24(3)19-21-27/h4-21,23,29,31,36H,22H2,1-3H3/t29-,31+,34-,40?/m1/s1. The van der Waals surface area contributed by atoms with Gasteiger partial charge in [-0.15, -0.1) is 0 Å². The summed E-state index contributed by atoms with van der Waals surface area (Å²) in [4.78, 5) is 6.19. The molecule has 1 N–H and O–H groups in total. The Morgan fingerprint density at radius 1 is 0.850 bits per heavy atom. The second-order valence-corrected chi connectivity index (χ2v) is 12.3. The molecular weight excluding hydrogens is 518 g/mol. The van der Waals surface area contributed by atoms with Gasteiger partial charge in [-0.25, -0.2) is 9.20 Å². The van der Waals surface area contributed by atoms with E-state index in [2.05, 4.69) is 13.8 Å². The molecule has 5 nitrogen and oxygen atoms in total. The SMILES string of the molecule is Cc1ccc(S(=O)c2ccccc2[C@H](O)[C@]2(C3=N[C@@H](C(C)C)CO3)OC2(c2ccccc2)c2ccccc2)cc1. The van der Waals surface area contributed by atoms with E-state index in [1.165, 1.54) is 0 Å². The van der Waals surface area contributed by atoms with Gasteiger partial charge in [-0.1, -0.05) is 110 Å². The zero-order chi connectivity index (χ0) is 27.9. The van der Waals surface area contributed by atoms with E-state index in [4.69, 9.17) is 14.5 Å². The van der Waals surface area contributed by atoms with Crippen LogP contribution in [-0.4, -0.2) is 33.5 Å². The maximum atomic E-state index is 13.9. The molecule has 0 spiro atoms. The Morgan fingerprint density at radius 3 is 2.00 bits per heavy atom. The van der Waals surface area contributed by atoms with Crippen molar-refractivity contribution >= 4 is 16.7 Å². The summed E-state index contributed by atoms with van der Waals surface area (Å²) < 4.78 is 27.0. The van der Waals surface area contributed by atoms with Gasteiger partial charge in [0.25, 0.3) is 0 Å². The topological polar surface area (TPSA) is 71.4 Å². The fourth-order valence-corrected chi connectivity index (χ4v) is 6.88. The summed E-state index contributed by atoms with van der Waals surface area (Å²) in [6, 6.07) is 34.7. The lowest BCUT2D eigenvalue weighted by atomic mass is 9.76. The molecule has 4 aromatic rings. The average Bonchev–Trinajstić information content (AvgIpc) is 3.46. The van der Waals surface area contributed by atoms with E-state index in [1.807, 2.05) is 116 Å². The smallest absolute Gasteiger partial charge is 0.224 e. The van der Waals surface area contributed by atoms with Crippen molar-refractivity contribution in [3.05, 3.63) is 131 Å². The van der Waals surface area contributed by atoms with Gasteiger partial charge in [0, 0.05) is 15.4 Å². The van der Waals surface area contributed by atoms with Gasteiger partial charge < -0.3 is 14.6 Å². The summed E-state index contributed by atoms with van der Waals surface area (Å²) in [6.07, 6.45) is -1.22. The van der Waals surface area contributed by atoms with Crippen LogP contribution in [0.4, 0.5) is 0 Å². The predicted molar refractivity (Wildman–Crippen MR) is 157 cm³/mol. The highest BCUT2D eigenvalue weighted by molar-refractivity contribution is 7.85. The first-order valence-corrected chi connectivity index (χ1v) is 14.8. The number of aliphatic hydroxyl groups is 1. The zero-order valence-electron chi connectivity index (χ0n) is 22.9. The van der Waals surface area contributed by atoms with Crippen LogP contribution in [0.25, 0.3) is 0 Å². The number of aliphatic hydroxyl groups excluding tert-OH is 1. The van der Waals surface area contributed by atoms with Gasteiger partial charge in [-0.05, 0) is 42.2 Å². The van der Waals surface area contributed by atoms with E-state index in [-0.39, 0.29) is 12.0 Å². The van der Waals surface area contributed by atoms with E-state index < -0.39 is 28.1 Å². The molecule has 2 heterocycles. The van der Waals surface area contributed by atoms with E-state index in [0.29, 0.717) is 27.9 Å². The number of epoxide rings is 1. The lowest BCUT2D eigenvalue weighted by Gasteiger charge is -2.26. The van der Waals surface area contributed by atoms with Crippen molar-refractivity contribution in [1.29, 1.82) is 0 Å². The molecule has 6 rings (SSSR count). The number of rotatable bonds is 8. The van der Waals surface area contributed by atoms with E-state index in [0.717, 1.165) is 16.7 Å². The largest absolute Gasteiger partial charge is 0.476 e. The van der Waals surface area contributed by atoms with Gasteiger partial charge >= 0.3 is 0 Å². The molecule has 4 atom stereocenters. The Balaban J connectivity index is 1.54. The minimum absolute atomic E-state index is 0.0514. The summed E-state index contributed by atoms with van der Waals surface area (Å²) in [5.41, 5.74) is 0.971. The molecule has 1 unspecified atom stereocenters. The Morgan fingerprint density at radius 2 is 1.43 bits per heavy atom. The quantitative estimate of drug-likeness (QED) is 0.259. The van der Waals surface area contributed by atoms with E-state index >= 15 is 0 Å². The van der Waals surface area contributed by atoms with Crippen molar-refractivity contribution in [3.63, 3.8) is 0 Å². The first-order valence-electron chi connectivity index (χ1n) is 13.7. The average molecular weight is 552 g/mol. The van der Waals surface area contributed by atoms with Crippen molar-refractivity contribution in [1.82, 2.24) is 0 Å². The van der Waals surface area contributed by atoms with Gasteiger partial charge in [0.1, 0.15) is 12.7 Å². The predicted octanol–water partition coefficient (Wildman–Crippen LogP) is 6.36. The third-order valence-electron chi connectivity index (χ3n) is 7.95. The van der Waals surface area contributed by atoms with Crippen molar-refractivity contribution in [3.8, 4) is 0 Å². The van der Waals surface area contributed by atoms with E-state index in [1.54, 1.807) is 0 Å². The molecule has 40 heavy (non-hydrogen) atoms. The van der Waals surface area contributed by atoms with Crippen molar-refractivity contribution in [2.75, 3.05) is 6.61 Å². The van der Waals surface area contributed by atoms with Crippen molar-refractivity contribution < 1.29 is 18.8 Å². The maximum Gasteiger partial charge on any atom is 0.224 e. The lowest BCUT2D eigenvalue weighted by Crippen LogP contribution is -2.40. The number of benzene rings is 4. The van der Waals surface area contributed by atoms with Crippen LogP contribution in [0.5, 0.6) is 0 Å². The second kappa shape index (κ2) is 10.4. The molecule has 6 heteroatoms. The Labute approximate surface area is 238 Å². The van der Waals surface area contributed by atoms with Gasteiger partial charge in [0.15, 0.2) is 5.60 Å². The molecule has 1 fully saturated rings. The van der Waals surface area contributed by atoms with Crippen LogP contribution in [0.3, 0.4) is 0 Å². The molecule has 2 aliphatic rings. The maximum absolute atomic E-state index is 13.9. The molecule has 2 aliphatic heterocycles. The van der Waals surface area contributed by atoms with Crippen LogP contribution >= 0.6 is 0 Å². The van der Waals surface area contributed by atoms with Gasteiger partial charge in [0.05, 0.1) is 16.8 Å². The van der Waals surface area contributed by atoms with Crippen LogP contribution in [-0.2, 0) is 25.9 Å². The number of aliphatic imine (C=N–C) groups is 1. The van der Waals surface area contributed by atoms with Crippen LogP contribution in [0, 0.1) is 12.8 Å². The Bertz CT molecular complexity index is 1510. The monoisotopic (exact) mass is 551 g/mol. The summed E-state index contributed by atoms with van der Waals surface area (Å²) in [7, 11) is -1.52.